The molecule has 0 unspecified atom stereocenters. The van der Waals surface area contributed by atoms with Crippen LogP contribution in [0, 0.1) is 0 Å². The smallest absolute Gasteiger partial charge is 0.190 e. The molecule has 0 amide bonds. The van der Waals surface area contributed by atoms with Gasteiger partial charge in [-0.2, -0.15) is 5.10 Å². The van der Waals surface area contributed by atoms with E-state index in [1.807, 2.05) is 32.2 Å². The summed E-state index contributed by atoms with van der Waals surface area (Å²) in [6, 6.07) is 5.64. The van der Waals surface area contributed by atoms with Gasteiger partial charge in [0.1, 0.15) is 12.1 Å². The van der Waals surface area contributed by atoms with Crippen molar-refractivity contribution in [1.82, 2.24) is 14.8 Å². The Morgan fingerprint density at radius 3 is 2.88 bits per heavy atom. The molecule has 0 aliphatic rings. The Morgan fingerprint density at radius 2 is 2.24 bits per heavy atom. The molecule has 6 heteroatoms. The molecule has 0 atom stereocenters. The van der Waals surface area contributed by atoms with Crippen LogP contribution >= 0.6 is 11.8 Å². The number of nitrogens with zero attached hydrogens (tertiary/aromatic N) is 3. The minimum atomic E-state index is 0.623. The molecule has 90 valence electrons. The Labute approximate surface area is 104 Å². The van der Waals surface area contributed by atoms with Gasteiger partial charge in [-0.25, -0.2) is 9.67 Å². The number of ether oxygens (including phenoxy) is 1. The first-order chi connectivity index (χ1) is 8.19. The second kappa shape index (κ2) is 5.09. The van der Waals surface area contributed by atoms with E-state index < -0.39 is 0 Å². The molecule has 0 radical (unpaired) electrons. The van der Waals surface area contributed by atoms with E-state index in [0.717, 1.165) is 15.8 Å². The molecule has 0 aliphatic carbocycles. The fourth-order valence-corrected chi connectivity index (χ4v) is 2.25. The molecule has 1 aromatic carbocycles. The van der Waals surface area contributed by atoms with Crippen molar-refractivity contribution in [3.05, 3.63) is 24.5 Å². The molecule has 0 fully saturated rings. The number of nitrogens with two attached hydrogens (primary N) is 1. The van der Waals surface area contributed by atoms with E-state index in [-0.39, 0.29) is 0 Å². The van der Waals surface area contributed by atoms with E-state index in [1.165, 1.54) is 18.1 Å². The first-order valence-electron chi connectivity index (χ1n) is 5.24. The zero-order chi connectivity index (χ0) is 12.3. The number of nitrogen functional groups attached to an aromatic ring is 1. The number of hydrogen-bond acceptors (Lipinski definition) is 5. The van der Waals surface area contributed by atoms with Crippen LogP contribution in [0.1, 0.15) is 6.92 Å². The largest absolute Gasteiger partial charge is 0.494 e. The number of anilines is 1. The van der Waals surface area contributed by atoms with Gasteiger partial charge in [-0.15, -0.1) is 0 Å². The molecule has 2 N–H and O–H groups in total. The molecule has 0 bridgehead atoms. The van der Waals surface area contributed by atoms with Crippen molar-refractivity contribution >= 4 is 17.4 Å². The standard InChI is InChI=1S/C11H14N4OS/c1-3-16-9-4-8(12)5-10(6-9)17-11-13-7-14-15(11)2/h4-7H,3,12H2,1-2H3. The van der Waals surface area contributed by atoms with Crippen LogP contribution in [0.3, 0.4) is 0 Å². The minimum Gasteiger partial charge on any atom is -0.494 e. The highest BCUT2D eigenvalue weighted by atomic mass is 32.2. The van der Waals surface area contributed by atoms with Crippen molar-refractivity contribution in [3.63, 3.8) is 0 Å². The predicted molar refractivity (Wildman–Crippen MR) is 67.1 cm³/mol. The molecule has 0 saturated heterocycles. The van der Waals surface area contributed by atoms with E-state index in [9.17, 15) is 0 Å². The number of aryl methyl sites for hydroxylation is 1. The third-order valence-corrected chi connectivity index (χ3v) is 3.12. The summed E-state index contributed by atoms with van der Waals surface area (Å²) in [6.07, 6.45) is 1.53. The summed E-state index contributed by atoms with van der Waals surface area (Å²) >= 11 is 1.50. The maximum absolute atomic E-state index is 5.82. The van der Waals surface area contributed by atoms with Crippen molar-refractivity contribution < 1.29 is 4.74 Å². The van der Waals surface area contributed by atoms with E-state index in [1.54, 1.807) is 4.68 Å². The van der Waals surface area contributed by atoms with Crippen molar-refractivity contribution in [2.45, 2.75) is 17.0 Å². The molecular formula is C11H14N4OS. The fraction of sp³-hybridized carbons (Fsp3) is 0.273. The summed E-state index contributed by atoms with van der Waals surface area (Å²) in [6.45, 7) is 2.57. The summed E-state index contributed by atoms with van der Waals surface area (Å²) in [4.78, 5) is 5.14. The molecule has 0 spiro atoms. The van der Waals surface area contributed by atoms with Gasteiger partial charge in [0, 0.05) is 23.7 Å². The topological polar surface area (TPSA) is 66.0 Å². The summed E-state index contributed by atoms with van der Waals surface area (Å²) in [5.74, 6) is 0.775. The highest BCUT2D eigenvalue weighted by Crippen LogP contribution is 2.30. The Balaban J connectivity index is 2.23. The number of rotatable bonds is 4. The highest BCUT2D eigenvalue weighted by Gasteiger charge is 2.06. The zero-order valence-electron chi connectivity index (χ0n) is 9.75. The molecule has 5 nitrogen and oxygen atoms in total. The van der Waals surface area contributed by atoms with Crippen molar-refractivity contribution in [2.75, 3.05) is 12.3 Å². The molecule has 1 aromatic heterocycles. The Morgan fingerprint density at radius 1 is 1.41 bits per heavy atom. The molecule has 0 aliphatic heterocycles. The van der Waals surface area contributed by atoms with Crippen molar-refractivity contribution in [2.24, 2.45) is 7.05 Å². The lowest BCUT2D eigenvalue weighted by molar-refractivity contribution is 0.339. The fourth-order valence-electron chi connectivity index (χ4n) is 1.39. The van der Waals surface area contributed by atoms with Crippen LogP contribution in [0.4, 0.5) is 5.69 Å². The van der Waals surface area contributed by atoms with Gasteiger partial charge >= 0.3 is 0 Å². The molecule has 1 heterocycles. The third-order valence-electron chi connectivity index (χ3n) is 2.09. The second-order valence-corrected chi connectivity index (χ2v) is 4.48. The first-order valence-corrected chi connectivity index (χ1v) is 6.06. The molecular weight excluding hydrogens is 236 g/mol. The predicted octanol–water partition coefficient (Wildman–Crippen LogP) is 1.95. The van der Waals surface area contributed by atoms with Crippen LogP contribution in [-0.4, -0.2) is 21.4 Å². The van der Waals surface area contributed by atoms with Gasteiger partial charge in [0.05, 0.1) is 6.61 Å². The van der Waals surface area contributed by atoms with Crippen LogP contribution < -0.4 is 10.5 Å². The maximum Gasteiger partial charge on any atom is 0.190 e. The normalized spacial score (nSPS) is 10.5. The number of aromatic nitrogens is 3. The third kappa shape index (κ3) is 2.91. The van der Waals surface area contributed by atoms with Crippen LogP contribution in [0.25, 0.3) is 0 Å². The number of benzene rings is 1. The lowest BCUT2D eigenvalue weighted by Gasteiger charge is -2.07. The average Bonchev–Trinajstić information content (AvgIpc) is 2.64. The molecule has 0 saturated carbocycles. The van der Waals surface area contributed by atoms with E-state index in [2.05, 4.69) is 10.1 Å². The molecule has 2 aromatic rings. The van der Waals surface area contributed by atoms with Crippen LogP contribution in [0.15, 0.2) is 34.6 Å². The SMILES string of the molecule is CCOc1cc(N)cc(Sc2ncnn2C)c1. The molecule has 2 rings (SSSR count). The summed E-state index contributed by atoms with van der Waals surface area (Å²) < 4.78 is 7.16. The highest BCUT2D eigenvalue weighted by molar-refractivity contribution is 7.99. The quantitative estimate of drug-likeness (QED) is 0.840. The Hall–Kier alpha value is -1.69. The first kappa shape index (κ1) is 11.8. The van der Waals surface area contributed by atoms with Gasteiger partial charge in [-0.3, -0.25) is 0 Å². The zero-order valence-corrected chi connectivity index (χ0v) is 10.6. The van der Waals surface area contributed by atoms with Gasteiger partial charge in [0.25, 0.3) is 0 Å². The van der Waals surface area contributed by atoms with Crippen LogP contribution in [0.2, 0.25) is 0 Å². The molecule has 17 heavy (non-hydrogen) atoms. The Kier molecular flexibility index (Phi) is 3.53. The lowest BCUT2D eigenvalue weighted by atomic mass is 10.3. The summed E-state index contributed by atoms with van der Waals surface area (Å²) in [5.41, 5.74) is 6.50. The Bertz CT molecular complexity index is 512. The summed E-state index contributed by atoms with van der Waals surface area (Å²) in [7, 11) is 1.85. The second-order valence-electron chi connectivity index (χ2n) is 3.44. The van der Waals surface area contributed by atoms with Gasteiger partial charge in [0.15, 0.2) is 5.16 Å². The minimum absolute atomic E-state index is 0.623. The van der Waals surface area contributed by atoms with E-state index >= 15 is 0 Å². The maximum atomic E-state index is 5.82. The van der Waals surface area contributed by atoms with Crippen molar-refractivity contribution in [1.29, 1.82) is 0 Å². The van der Waals surface area contributed by atoms with Crippen molar-refractivity contribution in [3.8, 4) is 5.75 Å². The van der Waals surface area contributed by atoms with Crippen LogP contribution in [-0.2, 0) is 7.05 Å². The number of hydrogen-bond donors (Lipinski definition) is 1. The van der Waals surface area contributed by atoms with Gasteiger partial charge < -0.3 is 10.5 Å². The monoisotopic (exact) mass is 250 g/mol. The summed E-state index contributed by atoms with van der Waals surface area (Å²) in [5, 5.41) is 4.83. The van der Waals surface area contributed by atoms with Crippen LogP contribution in [0.5, 0.6) is 5.75 Å². The average molecular weight is 250 g/mol. The van der Waals surface area contributed by atoms with E-state index in [4.69, 9.17) is 10.5 Å². The van der Waals surface area contributed by atoms with Gasteiger partial charge in [0.2, 0.25) is 0 Å². The van der Waals surface area contributed by atoms with Gasteiger partial charge in [-0.1, -0.05) is 0 Å². The lowest BCUT2D eigenvalue weighted by Crippen LogP contribution is -1.95. The van der Waals surface area contributed by atoms with E-state index in [0.29, 0.717) is 12.3 Å². The van der Waals surface area contributed by atoms with Gasteiger partial charge in [-0.05, 0) is 30.8 Å².